The lowest BCUT2D eigenvalue weighted by molar-refractivity contribution is -0.186. The number of fused-ring (bicyclic) bond motifs is 1. The van der Waals surface area contributed by atoms with Crippen LogP contribution < -0.4 is 0 Å². The third-order valence-electron chi connectivity index (χ3n) is 5.02. The molecule has 4 atom stereocenters. The van der Waals surface area contributed by atoms with Gasteiger partial charge in [-0.25, -0.2) is 4.79 Å². The van der Waals surface area contributed by atoms with Crippen molar-refractivity contribution in [3.8, 4) is 0 Å². The molecule has 2 rings (SSSR count). The minimum absolute atomic E-state index is 0. The number of carbonyl (C=O) groups is 1. The van der Waals surface area contributed by atoms with Crippen molar-refractivity contribution < 1.29 is 19.7 Å². The predicted octanol–water partition coefficient (Wildman–Crippen LogP) is 1.20. The molecule has 0 amide bonds. The van der Waals surface area contributed by atoms with E-state index in [0.29, 0.717) is 18.6 Å². The molecule has 124 valence electrons. The van der Waals surface area contributed by atoms with Crippen molar-refractivity contribution >= 4 is 18.4 Å². The molecule has 2 heterocycles. The first-order valence-corrected chi connectivity index (χ1v) is 7.69. The Morgan fingerprint density at radius 3 is 2.57 bits per heavy atom. The molecule has 0 spiro atoms. The Morgan fingerprint density at radius 1 is 1.33 bits per heavy atom. The van der Waals surface area contributed by atoms with E-state index in [9.17, 15) is 15.0 Å². The van der Waals surface area contributed by atoms with Gasteiger partial charge in [0, 0.05) is 12.0 Å². The van der Waals surface area contributed by atoms with Crippen molar-refractivity contribution in [3.05, 3.63) is 0 Å². The maximum absolute atomic E-state index is 12.2. The van der Waals surface area contributed by atoms with Crippen molar-refractivity contribution in [3.63, 3.8) is 0 Å². The van der Waals surface area contributed by atoms with Crippen LogP contribution in [0.15, 0.2) is 0 Å². The molecular formula is C15H28ClNO4. The van der Waals surface area contributed by atoms with Crippen molar-refractivity contribution in [1.29, 1.82) is 0 Å². The number of esters is 1. The van der Waals surface area contributed by atoms with Crippen LogP contribution in [0.5, 0.6) is 0 Å². The summed E-state index contributed by atoms with van der Waals surface area (Å²) in [7, 11) is 0. The van der Waals surface area contributed by atoms with Gasteiger partial charge in [-0.3, -0.25) is 4.90 Å². The largest absolute Gasteiger partial charge is 0.463 e. The third-order valence-corrected chi connectivity index (χ3v) is 5.02. The van der Waals surface area contributed by atoms with Gasteiger partial charge in [0.25, 0.3) is 0 Å². The summed E-state index contributed by atoms with van der Waals surface area (Å²) in [5, 5.41) is 20.1. The average Bonchev–Trinajstić information content (AvgIpc) is 2.97. The molecule has 0 saturated carbocycles. The Labute approximate surface area is 133 Å². The van der Waals surface area contributed by atoms with Crippen LogP contribution in [-0.2, 0) is 9.53 Å². The van der Waals surface area contributed by atoms with Gasteiger partial charge in [-0.1, -0.05) is 13.8 Å². The summed E-state index contributed by atoms with van der Waals surface area (Å²) in [6, 6.07) is 0.529. The number of rotatable bonds is 5. The number of nitrogens with zero attached hydrogens (tertiary/aromatic N) is 1. The summed E-state index contributed by atoms with van der Waals surface area (Å²) in [6.45, 7) is 7.43. The summed E-state index contributed by atoms with van der Waals surface area (Å²) < 4.78 is 5.35. The van der Waals surface area contributed by atoms with Crippen molar-refractivity contribution in [2.75, 3.05) is 19.7 Å². The molecule has 0 radical (unpaired) electrons. The van der Waals surface area contributed by atoms with E-state index >= 15 is 0 Å². The van der Waals surface area contributed by atoms with Crippen molar-refractivity contribution in [1.82, 2.24) is 4.90 Å². The smallest absolute Gasteiger partial charge is 0.341 e. The second kappa shape index (κ2) is 7.27. The molecule has 1 unspecified atom stereocenters. The highest BCUT2D eigenvalue weighted by atomic mass is 35.5. The second-order valence-corrected chi connectivity index (χ2v) is 6.55. The van der Waals surface area contributed by atoms with Crippen LogP contribution in [-0.4, -0.2) is 58.5 Å². The molecule has 5 nitrogen and oxygen atoms in total. The molecule has 2 aliphatic rings. The van der Waals surface area contributed by atoms with Gasteiger partial charge in [0.05, 0.1) is 12.7 Å². The van der Waals surface area contributed by atoms with Crippen molar-refractivity contribution in [2.24, 2.45) is 11.8 Å². The van der Waals surface area contributed by atoms with E-state index in [1.807, 2.05) is 0 Å². The Balaban J connectivity index is 0.00000220. The Hall–Kier alpha value is -0.360. The lowest BCUT2D eigenvalue weighted by atomic mass is 9.85. The fourth-order valence-corrected chi connectivity index (χ4v) is 3.57. The van der Waals surface area contributed by atoms with Crippen LogP contribution in [0.1, 0.15) is 40.0 Å². The van der Waals surface area contributed by atoms with E-state index in [4.69, 9.17) is 4.74 Å². The molecule has 2 N–H and O–H groups in total. The molecule has 0 aliphatic carbocycles. The normalized spacial score (nSPS) is 29.6. The molecule has 6 heteroatoms. The quantitative estimate of drug-likeness (QED) is 0.745. The Bertz CT molecular complexity index is 354. The molecule has 2 fully saturated rings. The van der Waals surface area contributed by atoms with Gasteiger partial charge in [0.2, 0.25) is 0 Å². The second-order valence-electron chi connectivity index (χ2n) is 6.55. The number of aliphatic hydroxyl groups is 2. The maximum atomic E-state index is 12.2. The van der Waals surface area contributed by atoms with Crippen LogP contribution in [0, 0.1) is 11.8 Å². The number of hydrogen-bond donors (Lipinski definition) is 2. The zero-order valence-electron chi connectivity index (χ0n) is 13.1. The Morgan fingerprint density at radius 2 is 2.00 bits per heavy atom. The highest BCUT2D eigenvalue weighted by molar-refractivity contribution is 5.85. The van der Waals surface area contributed by atoms with Crippen LogP contribution in [0.25, 0.3) is 0 Å². The van der Waals surface area contributed by atoms with Gasteiger partial charge < -0.3 is 14.9 Å². The lowest BCUT2D eigenvalue weighted by Gasteiger charge is -2.33. The van der Waals surface area contributed by atoms with E-state index in [2.05, 4.69) is 4.90 Å². The Kier molecular flexibility index (Phi) is 6.47. The first-order valence-electron chi connectivity index (χ1n) is 7.69. The molecule has 21 heavy (non-hydrogen) atoms. The average molecular weight is 322 g/mol. The summed E-state index contributed by atoms with van der Waals surface area (Å²) in [6.07, 6.45) is 2.31. The predicted molar refractivity (Wildman–Crippen MR) is 82.4 cm³/mol. The van der Waals surface area contributed by atoms with E-state index in [1.54, 1.807) is 13.8 Å². The molecule has 0 aromatic rings. The first kappa shape index (κ1) is 18.7. The fourth-order valence-electron chi connectivity index (χ4n) is 3.57. The molecular weight excluding hydrogens is 294 g/mol. The van der Waals surface area contributed by atoms with E-state index in [-0.39, 0.29) is 18.3 Å². The van der Waals surface area contributed by atoms with Gasteiger partial charge in [0.1, 0.15) is 0 Å². The van der Waals surface area contributed by atoms with E-state index < -0.39 is 17.7 Å². The van der Waals surface area contributed by atoms with Crippen LogP contribution >= 0.6 is 12.4 Å². The van der Waals surface area contributed by atoms with Crippen molar-refractivity contribution in [2.45, 2.75) is 57.8 Å². The minimum atomic E-state index is -1.81. The van der Waals surface area contributed by atoms with E-state index in [1.165, 1.54) is 19.8 Å². The standard InChI is InChI=1S/C15H27NO4.ClH/c1-10(2)15(19,11(3)17)14(18)20-9-12-6-8-16-7-4-5-13(12)16;/h10-13,17,19H,4-9H2,1-3H3;1H/t11-,12+,13?,15+;/m0./s1. The summed E-state index contributed by atoms with van der Waals surface area (Å²) >= 11 is 0. The zero-order chi connectivity index (χ0) is 14.9. The lowest BCUT2D eigenvalue weighted by Crippen LogP contribution is -2.53. The van der Waals surface area contributed by atoms with E-state index in [0.717, 1.165) is 19.5 Å². The monoisotopic (exact) mass is 321 g/mol. The summed E-state index contributed by atoms with van der Waals surface area (Å²) in [4.78, 5) is 14.6. The number of aliphatic hydroxyl groups excluding tert-OH is 1. The van der Waals surface area contributed by atoms with Gasteiger partial charge in [-0.2, -0.15) is 0 Å². The number of halogens is 1. The summed E-state index contributed by atoms with van der Waals surface area (Å²) in [5.41, 5.74) is -1.81. The molecule has 0 bridgehead atoms. The fraction of sp³-hybridized carbons (Fsp3) is 0.933. The van der Waals surface area contributed by atoms with Gasteiger partial charge >= 0.3 is 5.97 Å². The van der Waals surface area contributed by atoms with Crippen LogP contribution in [0.2, 0.25) is 0 Å². The SMILES string of the molecule is CC(C)[C@](O)(C(=O)OC[C@H]1CCN2CCCC12)[C@H](C)O.Cl. The molecule has 2 saturated heterocycles. The van der Waals surface area contributed by atoms with Crippen LogP contribution in [0.3, 0.4) is 0 Å². The minimum Gasteiger partial charge on any atom is -0.463 e. The summed E-state index contributed by atoms with van der Waals surface area (Å²) in [5.74, 6) is -0.715. The van der Waals surface area contributed by atoms with Gasteiger partial charge in [-0.05, 0) is 45.2 Å². The van der Waals surface area contributed by atoms with Gasteiger partial charge in [-0.15, -0.1) is 12.4 Å². The zero-order valence-corrected chi connectivity index (χ0v) is 13.9. The van der Waals surface area contributed by atoms with Gasteiger partial charge in [0.15, 0.2) is 5.60 Å². The molecule has 0 aromatic carbocycles. The number of ether oxygens (including phenoxy) is 1. The molecule has 0 aromatic heterocycles. The maximum Gasteiger partial charge on any atom is 0.341 e. The highest BCUT2D eigenvalue weighted by Gasteiger charge is 2.46. The number of carbonyl (C=O) groups excluding carboxylic acids is 1. The molecule has 2 aliphatic heterocycles. The third kappa shape index (κ3) is 3.52. The first-order chi connectivity index (χ1) is 9.37. The van der Waals surface area contributed by atoms with Crippen LogP contribution in [0.4, 0.5) is 0 Å². The number of hydrogen-bond acceptors (Lipinski definition) is 5. The highest BCUT2D eigenvalue weighted by Crippen LogP contribution is 2.33. The topological polar surface area (TPSA) is 70.0 Å².